The molecule has 31 heavy (non-hydrogen) atoms. The number of benzene rings is 1. The van der Waals surface area contributed by atoms with Crippen LogP contribution in [0, 0.1) is 5.92 Å². The van der Waals surface area contributed by atoms with Crippen molar-refractivity contribution >= 4 is 33.8 Å². The number of halogens is 1. The summed E-state index contributed by atoms with van der Waals surface area (Å²) in [5.41, 5.74) is 1.17. The number of carbonyl (C=O) groups excluding carboxylic acids is 1. The molecular weight excluding hydrogens is 470 g/mol. The molecule has 0 bridgehead atoms. The van der Waals surface area contributed by atoms with Crippen LogP contribution in [-0.2, 0) is 20.9 Å². The van der Waals surface area contributed by atoms with Crippen LogP contribution in [0.4, 0.5) is 0 Å². The Balaban J connectivity index is 0.000000501. The Hall–Kier alpha value is -2.17. The second-order valence-corrected chi connectivity index (χ2v) is 8.68. The van der Waals surface area contributed by atoms with Gasteiger partial charge in [-0.25, -0.2) is 9.59 Å². The molecule has 1 aromatic rings. The number of piperidine rings is 1. The molecule has 2 N–H and O–H groups in total. The standard InChI is InChI=1S/C19H28BrN3O2.C2H2O4/c1-21-8-10-23(11-9-21)19(24)15-4-3-7-22(13-15)14-16-12-17(20)5-6-18(16)25-2;3-1(4)2(5)6/h5-6,12,15H,3-4,7-11,13-14H2,1-2H3;(H,3,4)(H,5,6). The van der Waals surface area contributed by atoms with Gasteiger partial charge in [-0.1, -0.05) is 15.9 Å². The van der Waals surface area contributed by atoms with Crippen LogP contribution in [0.3, 0.4) is 0 Å². The number of methoxy groups -OCH3 is 1. The van der Waals surface area contributed by atoms with E-state index in [2.05, 4.69) is 43.7 Å². The number of piperazine rings is 1. The van der Waals surface area contributed by atoms with Crippen molar-refractivity contribution in [1.82, 2.24) is 14.7 Å². The molecule has 0 radical (unpaired) electrons. The van der Waals surface area contributed by atoms with Gasteiger partial charge in [0.05, 0.1) is 13.0 Å². The first-order valence-corrected chi connectivity index (χ1v) is 11.0. The van der Waals surface area contributed by atoms with Crippen molar-refractivity contribution in [2.45, 2.75) is 19.4 Å². The van der Waals surface area contributed by atoms with Crippen molar-refractivity contribution in [3.63, 3.8) is 0 Å². The molecule has 1 amide bonds. The van der Waals surface area contributed by atoms with Gasteiger partial charge in [-0.3, -0.25) is 9.69 Å². The van der Waals surface area contributed by atoms with Crippen molar-refractivity contribution in [3.8, 4) is 5.75 Å². The lowest BCUT2D eigenvalue weighted by Gasteiger charge is -2.38. The molecule has 1 atom stereocenters. The molecule has 0 aromatic heterocycles. The molecular formula is C21H30BrN3O6. The Morgan fingerprint density at radius 3 is 2.32 bits per heavy atom. The molecule has 2 saturated heterocycles. The number of carbonyl (C=O) groups is 3. The van der Waals surface area contributed by atoms with Crippen LogP contribution in [0.15, 0.2) is 22.7 Å². The molecule has 2 aliphatic rings. The van der Waals surface area contributed by atoms with E-state index < -0.39 is 11.9 Å². The Kier molecular flexibility index (Phi) is 9.73. The second-order valence-electron chi connectivity index (χ2n) is 7.77. The van der Waals surface area contributed by atoms with Crippen molar-refractivity contribution in [2.24, 2.45) is 5.92 Å². The topological polar surface area (TPSA) is 111 Å². The summed E-state index contributed by atoms with van der Waals surface area (Å²) in [6.07, 6.45) is 2.09. The lowest BCUT2D eigenvalue weighted by molar-refractivity contribution is -0.159. The molecule has 2 fully saturated rings. The third kappa shape index (κ3) is 7.79. The minimum absolute atomic E-state index is 0.135. The Morgan fingerprint density at radius 2 is 1.74 bits per heavy atom. The maximum Gasteiger partial charge on any atom is 0.414 e. The van der Waals surface area contributed by atoms with Gasteiger partial charge in [0.2, 0.25) is 5.91 Å². The largest absolute Gasteiger partial charge is 0.496 e. The molecule has 2 aliphatic heterocycles. The number of hydrogen-bond donors (Lipinski definition) is 2. The summed E-state index contributed by atoms with van der Waals surface area (Å²) in [7, 11) is 3.83. The van der Waals surface area contributed by atoms with Gasteiger partial charge in [-0.15, -0.1) is 0 Å². The predicted octanol–water partition coefficient (Wildman–Crippen LogP) is 1.60. The number of nitrogens with zero attached hydrogens (tertiary/aromatic N) is 3. The average Bonchev–Trinajstić information content (AvgIpc) is 2.74. The quantitative estimate of drug-likeness (QED) is 0.600. The summed E-state index contributed by atoms with van der Waals surface area (Å²) in [6, 6.07) is 6.11. The van der Waals surface area contributed by atoms with Crippen molar-refractivity contribution in [2.75, 3.05) is 53.4 Å². The van der Waals surface area contributed by atoms with Crippen LogP contribution < -0.4 is 4.74 Å². The summed E-state index contributed by atoms with van der Waals surface area (Å²) >= 11 is 3.54. The molecule has 3 rings (SSSR count). The normalized spacial score (nSPS) is 19.8. The van der Waals surface area contributed by atoms with Gasteiger partial charge in [-0.2, -0.15) is 0 Å². The summed E-state index contributed by atoms with van der Waals surface area (Å²) in [4.78, 5) is 37.8. The first-order chi connectivity index (χ1) is 14.7. The number of carboxylic acid groups (broad SMARTS) is 2. The first kappa shape index (κ1) is 25.1. The fourth-order valence-corrected chi connectivity index (χ4v) is 4.21. The molecule has 172 valence electrons. The van der Waals surface area contributed by atoms with Gasteiger partial charge < -0.3 is 24.7 Å². The van der Waals surface area contributed by atoms with Crippen LogP contribution in [0.25, 0.3) is 0 Å². The van der Waals surface area contributed by atoms with Crippen LogP contribution >= 0.6 is 15.9 Å². The van der Waals surface area contributed by atoms with Gasteiger partial charge in [0.1, 0.15) is 5.75 Å². The lowest BCUT2D eigenvalue weighted by atomic mass is 9.95. The van der Waals surface area contributed by atoms with Gasteiger partial charge in [-0.05, 0) is 44.6 Å². The molecule has 0 aliphatic carbocycles. The highest BCUT2D eigenvalue weighted by Crippen LogP contribution is 2.27. The Bertz CT molecular complexity index is 770. The Labute approximate surface area is 190 Å². The minimum atomic E-state index is -1.82. The van der Waals surface area contributed by atoms with Crippen molar-refractivity contribution < 1.29 is 29.3 Å². The predicted molar refractivity (Wildman–Crippen MR) is 118 cm³/mol. The third-order valence-electron chi connectivity index (χ3n) is 5.49. The van der Waals surface area contributed by atoms with Crippen LogP contribution in [0.1, 0.15) is 18.4 Å². The number of hydrogen-bond acceptors (Lipinski definition) is 6. The number of aliphatic carboxylic acids is 2. The van der Waals surface area contributed by atoms with Crippen LogP contribution in [0.5, 0.6) is 5.75 Å². The van der Waals surface area contributed by atoms with Crippen LogP contribution in [0.2, 0.25) is 0 Å². The summed E-state index contributed by atoms with van der Waals surface area (Å²) in [5.74, 6) is -2.25. The van der Waals surface area contributed by atoms with Crippen LogP contribution in [-0.4, -0.2) is 96.2 Å². The zero-order valence-corrected chi connectivity index (χ0v) is 19.5. The molecule has 10 heteroatoms. The SMILES string of the molecule is COc1ccc(Br)cc1CN1CCCC(C(=O)N2CCN(C)CC2)C1.O=C(O)C(=O)O. The molecule has 0 spiro atoms. The van der Waals surface area contributed by atoms with Gasteiger partial charge in [0, 0.05) is 49.3 Å². The van der Waals surface area contributed by atoms with E-state index in [1.807, 2.05) is 12.1 Å². The fraction of sp³-hybridized carbons (Fsp3) is 0.571. The van der Waals surface area contributed by atoms with E-state index in [1.54, 1.807) is 7.11 Å². The number of ether oxygens (including phenoxy) is 1. The van der Waals surface area contributed by atoms with E-state index in [0.717, 1.165) is 68.9 Å². The maximum absolute atomic E-state index is 12.9. The first-order valence-electron chi connectivity index (χ1n) is 10.2. The number of likely N-dealkylation sites (tertiary alicyclic amines) is 1. The number of amides is 1. The summed E-state index contributed by atoms with van der Waals surface area (Å²) < 4.78 is 6.55. The number of rotatable bonds is 4. The van der Waals surface area contributed by atoms with Crippen molar-refractivity contribution in [3.05, 3.63) is 28.2 Å². The van der Waals surface area contributed by atoms with E-state index in [4.69, 9.17) is 24.5 Å². The van der Waals surface area contributed by atoms with E-state index in [0.29, 0.717) is 5.91 Å². The zero-order valence-electron chi connectivity index (χ0n) is 17.9. The minimum Gasteiger partial charge on any atom is -0.496 e. The molecule has 9 nitrogen and oxygen atoms in total. The van der Waals surface area contributed by atoms with Crippen molar-refractivity contribution in [1.29, 1.82) is 0 Å². The zero-order chi connectivity index (χ0) is 23.0. The molecule has 1 unspecified atom stereocenters. The Morgan fingerprint density at radius 1 is 1.10 bits per heavy atom. The second kappa shape index (κ2) is 12.0. The summed E-state index contributed by atoms with van der Waals surface area (Å²) in [6.45, 7) is 6.42. The number of likely N-dealkylation sites (N-methyl/N-ethyl adjacent to an activating group) is 1. The highest BCUT2D eigenvalue weighted by Gasteiger charge is 2.30. The lowest BCUT2D eigenvalue weighted by Crippen LogP contribution is -2.51. The van der Waals surface area contributed by atoms with Gasteiger partial charge >= 0.3 is 11.9 Å². The van der Waals surface area contributed by atoms with E-state index in [1.165, 1.54) is 5.56 Å². The highest BCUT2D eigenvalue weighted by molar-refractivity contribution is 9.10. The van der Waals surface area contributed by atoms with Gasteiger partial charge in [0.25, 0.3) is 0 Å². The molecule has 0 saturated carbocycles. The van der Waals surface area contributed by atoms with E-state index >= 15 is 0 Å². The smallest absolute Gasteiger partial charge is 0.414 e. The molecule has 1 aromatic carbocycles. The monoisotopic (exact) mass is 499 g/mol. The highest BCUT2D eigenvalue weighted by atomic mass is 79.9. The van der Waals surface area contributed by atoms with E-state index in [9.17, 15) is 4.79 Å². The molecule has 2 heterocycles. The van der Waals surface area contributed by atoms with Gasteiger partial charge in [0.15, 0.2) is 0 Å². The maximum atomic E-state index is 12.9. The fourth-order valence-electron chi connectivity index (χ4n) is 3.80. The number of carboxylic acids is 2. The average molecular weight is 500 g/mol. The van der Waals surface area contributed by atoms with E-state index in [-0.39, 0.29) is 5.92 Å². The summed E-state index contributed by atoms with van der Waals surface area (Å²) in [5, 5.41) is 14.8. The third-order valence-corrected chi connectivity index (χ3v) is 5.98.